The summed E-state index contributed by atoms with van der Waals surface area (Å²) in [5.74, 6) is 0.156. The van der Waals surface area contributed by atoms with Gasteiger partial charge in [0.05, 0.1) is 11.4 Å². The monoisotopic (exact) mass is 289 g/mol. The summed E-state index contributed by atoms with van der Waals surface area (Å²) in [6.07, 6.45) is 0.329. The second-order valence-corrected chi connectivity index (χ2v) is 5.06. The first-order valence-corrected chi connectivity index (χ1v) is 6.79. The molecule has 0 bridgehead atoms. The van der Waals surface area contributed by atoms with Crippen LogP contribution in [0.15, 0.2) is 53.5 Å². The molecule has 2 nitrogen and oxygen atoms in total. The molecule has 0 aliphatic carbocycles. The molecule has 0 spiro atoms. The maximum Gasteiger partial charge on any atom is 0.188 e. The smallest absolute Gasteiger partial charge is 0.188 e. The van der Waals surface area contributed by atoms with Crippen molar-refractivity contribution in [3.05, 3.63) is 70.5 Å². The molecule has 0 saturated heterocycles. The summed E-state index contributed by atoms with van der Waals surface area (Å²) in [5.41, 5.74) is 1.61. The third kappa shape index (κ3) is 2.68. The van der Waals surface area contributed by atoms with Crippen LogP contribution < -0.4 is 0 Å². The zero-order valence-electron chi connectivity index (χ0n) is 10.7. The van der Waals surface area contributed by atoms with Gasteiger partial charge in [0.15, 0.2) is 5.90 Å². The van der Waals surface area contributed by atoms with E-state index in [0.717, 1.165) is 5.56 Å². The Morgan fingerprint density at radius 1 is 1.15 bits per heavy atom. The summed E-state index contributed by atoms with van der Waals surface area (Å²) in [4.78, 5) is 4.51. The molecule has 4 heteroatoms. The van der Waals surface area contributed by atoms with E-state index in [-0.39, 0.29) is 11.1 Å². The molecule has 1 atom stereocenters. The maximum absolute atomic E-state index is 13.8. The van der Waals surface area contributed by atoms with E-state index in [1.165, 1.54) is 6.07 Å². The van der Waals surface area contributed by atoms with Gasteiger partial charge in [0, 0.05) is 0 Å². The Morgan fingerprint density at radius 3 is 2.75 bits per heavy atom. The third-order valence-corrected chi connectivity index (χ3v) is 3.56. The van der Waals surface area contributed by atoms with Crippen molar-refractivity contribution < 1.29 is 9.13 Å². The van der Waals surface area contributed by atoms with Crippen molar-refractivity contribution in [3.63, 3.8) is 0 Å². The minimum atomic E-state index is -0.399. The van der Waals surface area contributed by atoms with E-state index in [1.807, 2.05) is 30.3 Å². The molecule has 102 valence electrons. The SMILES string of the molecule is Fc1c(Cl)cccc1CC1=NC(c2ccccc2)CO1. The molecule has 0 aromatic heterocycles. The highest BCUT2D eigenvalue weighted by Gasteiger charge is 2.21. The van der Waals surface area contributed by atoms with Gasteiger partial charge in [0.25, 0.3) is 0 Å². The lowest BCUT2D eigenvalue weighted by molar-refractivity contribution is 0.313. The number of benzene rings is 2. The van der Waals surface area contributed by atoms with E-state index in [9.17, 15) is 4.39 Å². The van der Waals surface area contributed by atoms with Gasteiger partial charge in [-0.15, -0.1) is 0 Å². The number of hydrogen-bond acceptors (Lipinski definition) is 2. The van der Waals surface area contributed by atoms with Crippen LogP contribution in [0.4, 0.5) is 4.39 Å². The fraction of sp³-hybridized carbons (Fsp3) is 0.188. The first kappa shape index (κ1) is 13.1. The Hall–Kier alpha value is -1.87. The lowest BCUT2D eigenvalue weighted by Crippen LogP contribution is -2.05. The molecule has 1 aliphatic heterocycles. The minimum Gasteiger partial charge on any atom is -0.478 e. The standard InChI is InChI=1S/C16H13ClFNO/c17-13-8-4-7-12(16(13)18)9-15-19-14(10-20-15)11-5-2-1-3-6-11/h1-8,14H,9-10H2. The van der Waals surface area contributed by atoms with Gasteiger partial charge < -0.3 is 4.74 Å². The first-order valence-electron chi connectivity index (χ1n) is 6.41. The fourth-order valence-electron chi connectivity index (χ4n) is 2.21. The minimum absolute atomic E-state index is 0.00607. The Kier molecular flexibility index (Phi) is 3.70. The van der Waals surface area contributed by atoms with E-state index in [0.29, 0.717) is 24.5 Å². The Labute approximate surface area is 121 Å². The molecule has 0 amide bonds. The molecular weight excluding hydrogens is 277 g/mol. The predicted molar refractivity (Wildman–Crippen MR) is 77.7 cm³/mol. The summed E-state index contributed by atoms with van der Waals surface area (Å²) in [6, 6.07) is 14.9. The van der Waals surface area contributed by atoms with Gasteiger partial charge in [-0.25, -0.2) is 9.38 Å². The number of halogens is 2. The van der Waals surface area contributed by atoms with Crippen molar-refractivity contribution in [2.45, 2.75) is 12.5 Å². The van der Waals surface area contributed by atoms with Gasteiger partial charge in [-0.2, -0.15) is 0 Å². The van der Waals surface area contributed by atoms with Crippen LogP contribution in [0.5, 0.6) is 0 Å². The lowest BCUT2D eigenvalue weighted by Gasteiger charge is -2.04. The first-order chi connectivity index (χ1) is 9.74. The highest BCUT2D eigenvalue weighted by Crippen LogP contribution is 2.25. The molecule has 0 N–H and O–H groups in total. The molecule has 0 saturated carbocycles. The quantitative estimate of drug-likeness (QED) is 0.830. The lowest BCUT2D eigenvalue weighted by atomic mass is 10.1. The van der Waals surface area contributed by atoms with Gasteiger partial charge in [0.2, 0.25) is 0 Å². The van der Waals surface area contributed by atoms with Gasteiger partial charge in [-0.05, 0) is 17.2 Å². The normalized spacial score (nSPS) is 17.7. The molecule has 20 heavy (non-hydrogen) atoms. The van der Waals surface area contributed by atoms with Crippen LogP contribution in [0.3, 0.4) is 0 Å². The van der Waals surface area contributed by atoms with Crippen LogP contribution >= 0.6 is 11.6 Å². The second kappa shape index (κ2) is 5.63. The van der Waals surface area contributed by atoms with E-state index in [2.05, 4.69) is 4.99 Å². The second-order valence-electron chi connectivity index (χ2n) is 4.65. The molecule has 2 aromatic carbocycles. The third-order valence-electron chi connectivity index (χ3n) is 3.27. The highest BCUT2D eigenvalue weighted by molar-refractivity contribution is 6.30. The Morgan fingerprint density at radius 2 is 1.95 bits per heavy atom. The number of aliphatic imine (C=N–C) groups is 1. The summed E-state index contributed by atoms with van der Waals surface area (Å²) in [6.45, 7) is 0.502. The topological polar surface area (TPSA) is 21.6 Å². The molecule has 3 rings (SSSR count). The zero-order chi connectivity index (χ0) is 13.9. The van der Waals surface area contributed by atoms with E-state index >= 15 is 0 Å². The van der Waals surface area contributed by atoms with Crippen molar-refractivity contribution in [1.82, 2.24) is 0 Å². The van der Waals surface area contributed by atoms with Crippen molar-refractivity contribution in [2.75, 3.05) is 6.61 Å². The van der Waals surface area contributed by atoms with Crippen LogP contribution in [0.25, 0.3) is 0 Å². The molecule has 1 unspecified atom stereocenters. The maximum atomic E-state index is 13.8. The summed E-state index contributed by atoms with van der Waals surface area (Å²) < 4.78 is 19.4. The number of nitrogens with zero attached hydrogens (tertiary/aromatic N) is 1. The van der Waals surface area contributed by atoms with Crippen molar-refractivity contribution in [3.8, 4) is 0 Å². The van der Waals surface area contributed by atoms with E-state index in [4.69, 9.17) is 16.3 Å². The van der Waals surface area contributed by atoms with Crippen molar-refractivity contribution in [1.29, 1.82) is 0 Å². The molecule has 2 aromatic rings. The Balaban J connectivity index is 1.78. The molecule has 0 fully saturated rings. The molecule has 0 radical (unpaired) electrons. The Bertz CT molecular complexity index is 642. The van der Waals surface area contributed by atoms with E-state index in [1.54, 1.807) is 12.1 Å². The zero-order valence-corrected chi connectivity index (χ0v) is 11.5. The average molecular weight is 290 g/mol. The summed E-state index contributed by atoms with van der Waals surface area (Å²) in [5, 5.41) is 0.126. The van der Waals surface area contributed by atoms with Crippen LogP contribution in [0.1, 0.15) is 17.2 Å². The van der Waals surface area contributed by atoms with Crippen LogP contribution in [0, 0.1) is 5.82 Å². The van der Waals surface area contributed by atoms with Crippen LogP contribution in [-0.2, 0) is 11.2 Å². The summed E-state index contributed by atoms with van der Waals surface area (Å²) >= 11 is 5.77. The van der Waals surface area contributed by atoms with E-state index < -0.39 is 5.82 Å². The average Bonchev–Trinajstić information content (AvgIpc) is 2.93. The van der Waals surface area contributed by atoms with Crippen molar-refractivity contribution in [2.24, 2.45) is 4.99 Å². The van der Waals surface area contributed by atoms with Crippen LogP contribution in [-0.4, -0.2) is 12.5 Å². The number of ether oxygens (including phenoxy) is 1. The van der Waals surface area contributed by atoms with Gasteiger partial charge >= 0.3 is 0 Å². The number of rotatable bonds is 3. The van der Waals surface area contributed by atoms with Gasteiger partial charge in [0.1, 0.15) is 18.5 Å². The molecular formula is C16H13ClFNO. The fourth-order valence-corrected chi connectivity index (χ4v) is 2.41. The largest absolute Gasteiger partial charge is 0.478 e. The predicted octanol–water partition coefficient (Wildman–Crippen LogP) is 4.19. The number of hydrogen-bond donors (Lipinski definition) is 0. The van der Waals surface area contributed by atoms with Gasteiger partial charge in [-0.1, -0.05) is 54.1 Å². The van der Waals surface area contributed by atoms with Crippen LogP contribution in [0.2, 0.25) is 5.02 Å². The van der Waals surface area contributed by atoms with Crippen molar-refractivity contribution >= 4 is 17.5 Å². The molecule has 1 heterocycles. The highest BCUT2D eigenvalue weighted by atomic mass is 35.5. The molecule has 1 aliphatic rings. The summed E-state index contributed by atoms with van der Waals surface area (Å²) in [7, 11) is 0. The van der Waals surface area contributed by atoms with Gasteiger partial charge in [-0.3, -0.25) is 0 Å².